The number of carbonyl (C=O) groups is 3. The van der Waals surface area contributed by atoms with Crippen LogP contribution in [-0.2, 0) is 4.79 Å². The summed E-state index contributed by atoms with van der Waals surface area (Å²) in [5.41, 5.74) is 2.18. The Morgan fingerprint density at radius 1 is 0.756 bits per heavy atom. The number of carbonyl (C=O) groups excluding carboxylic acids is 3. The van der Waals surface area contributed by atoms with Crippen molar-refractivity contribution in [1.82, 2.24) is 5.32 Å². The van der Waals surface area contributed by atoms with E-state index in [0.717, 1.165) is 22.5 Å². The fourth-order valence-corrected chi connectivity index (χ4v) is 6.01. The van der Waals surface area contributed by atoms with Crippen molar-refractivity contribution < 1.29 is 14.4 Å². The second kappa shape index (κ2) is 15.0. The zero-order valence-electron chi connectivity index (χ0n) is 24.1. The first-order valence-electron chi connectivity index (χ1n) is 14.2. The van der Waals surface area contributed by atoms with Crippen LogP contribution in [0.4, 0.5) is 5.69 Å². The van der Waals surface area contributed by atoms with Gasteiger partial charge in [-0.2, -0.15) is 5.26 Å². The highest BCUT2D eigenvalue weighted by atomic mass is 35.5. The quantitative estimate of drug-likeness (QED) is 0.113. The molecule has 45 heavy (non-hydrogen) atoms. The number of thioether (sulfide) groups is 1. The number of halogens is 1. The van der Waals surface area contributed by atoms with Crippen LogP contribution in [0.15, 0.2) is 138 Å². The SMILES string of the molecule is N#C/C(=C(/NC(=O)c1ccccc1)SCC(=O)Nc1ccc2ccccc2c1)[C@H](CC(=O)c1ccccc1)c1ccccc1Cl. The van der Waals surface area contributed by atoms with Crippen molar-refractivity contribution in [3.63, 3.8) is 0 Å². The summed E-state index contributed by atoms with van der Waals surface area (Å²) in [6, 6.07) is 40.1. The molecule has 2 amide bonds. The standard InChI is InChI=1S/C37H28ClN3O3S/c38-33-18-10-9-17-30(33)31(22-34(42)26-12-3-1-4-13-26)32(23-39)37(41-36(44)27-14-5-2-6-15-27)45-24-35(43)40-29-20-19-25-11-7-8-16-28(25)21-29/h1-21,31H,22,24H2,(H,40,43)(H,41,44)/b37-32+/t31-/m1/s1. The van der Waals surface area contributed by atoms with E-state index < -0.39 is 11.8 Å². The third-order valence-corrected chi connectivity index (χ3v) is 8.48. The number of rotatable bonds is 11. The van der Waals surface area contributed by atoms with Crippen LogP contribution in [-0.4, -0.2) is 23.4 Å². The number of benzene rings is 5. The van der Waals surface area contributed by atoms with Crippen LogP contribution in [0.3, 0.4) is 0 Å². The molecule has 8 heteroatoms. The highest BCUT2D eigenvalue weighted by Crippen LogP contribution is 2.37. The van der Waals surface area contributed by atoms with Crippen molar-refractivity contribution in [2.75, 3.05) is 11.1 Å². The van der Waals surface area contributed by atoms with E-state index in [2.05, 4.69) is 16.7 Å². The lowest BCUT2D eigenvalue weighted by atomic mass is 9.86. The van der Waals surface area contributed by atoms with Crippen LogP contribution in [0.2, 0.25) is 5.02 Å². The molecule has 5 rings (SSSR count). The molecule has 5 aromatic carbocycles. The van der Waals surface area contributed by atoms with Gasteiger partial charge in [0.15, 0.2) is 5.78 Å². The van der Waals surface area contributed by atoms with Gasteiger partial charge in [0.2, 0.25) is 5.91 Å². The van der Waals surface area contributed by atoms with Crippen molar-refractivity contribution >= 4 is 57.4 Å². The number of nitrogens with one attached hydrogen (secondary N) is 2. The van der Waals surface area contributed by atoms with Crippen LogP contribution in [0.25, 0.3) is 10.8 Å². The monoisotopic (exact) mass is 629 g/mol. The summed E-state index contributed by atoms with van der Waals surface area (Å²) in [4.78, 5) is 40.0. The van der Waals surface area contributed by atoms with Gasteiger partial charge in [-0.15, -0.1) is 0 Å². The number of hydrogen-bond acceptors (Lipinski definition) is 5. The van der Waals surface area contributed by atoms with E-state index in [1.165, 1.54) is 0 Å². The largest absolute Gasteiger partial charge is 0.325 e. The molecule has 1 atom stereocenters. The van der Waals surface area contributed by atoms with Crippen molar-refractivity contribution in [3.05, 3.63) is 160 Å². The molecule has 0 radical (unpaired) electrons. The number of allylic oxidation sites excluding steroid dienone is 1. The van der Waals surface area contributed by atoms with Crippen LogP contribution < -0.4 is 10.6 Å². The number of anilines is 1. The summed E-state index contributed by atoms with van der Waals surface area (Å²) in [6.45, 7) is 0. The van der Waals surface area contributed by atoms with E-state index in [0.29, 0.717) is 27.4 Å². The summed E-state index contributed by atoms with van der Waals surface area (Å²) in [5.74, 6) is -1.87. The van der Waals surface area contributed by atoms with Crippen molar-refractivity contribution in [1.29, 1.82) is 5.26 Å². The number of amides is 2. The minimum Gasteiger partial charge on any atom is -0.325 e. The van der Waals surface area contributed by atoms with E-state index in [4.69, 9.17) is 11.6 Å². The number of nitriles is 1. The summed E-state index contributed by atoms with van der Waals surface area (Å²) in [7, 11) is 0. The normalized spacial score (nSPS) is 12.0. The summed E-state index contributed by atoms with van der Waals surface area (Å²) in [6.07, 6.45) is -0.0782. The predicted octanol–water partition coefficient (Wildman–Crippen LogP) is 8.39. The van der Waals surface area contributed by atoms with E-state index in [-0.39, 0.29) is 34.5 Å². The molecule has 0 heterocycles. The summed E-state index contributed by atoms with van der Waals surface area (Å²) in [5, 5.41) is 18.9. The second-order valence-corrected chi connectivity index (χ2v) is 11.5. The van der Waals surface area contributed by atoms with Crippen LogP contribution in [0.5, 0.6) is 0 Å². The Kier molecular flexibility index (Phi) is 10.4. The molecule has 0 bridgehead atoms. The predicted molar refractivity (Wildman–Crippen MR) is 181 cm³/mol. The number of ketones is 1. The molecule has 2 N–H and O–H groups in total. The molecule has 0 aromatic heterocycles. The Balaban J connectivity index is 1.49. The minimum absolute atomic E-state index is 0.0782. The maximum atomic E-state index is 13.5. The van der Waals surface area contributed by atoms with Crippen molar-refractivity contribution in [3.8, 4) is 6.07 Å². The molecule has 0 unspecified atom stereocenters. The Morgan fingerprint density at radius 2 is 1.38 bits per heavy atom. The molecular formula is C37H28ClN3O3S. The topological polar surface area (TPSA) is 99.1 Å². The summed E-state index contributed by atoms with van der Waals surface area (Å²) < 4.78 is 0. The lowest BCUT2D eigenvalue weighted by molar-refractivity contribution is -0.113. The lowest BCUT2D eigenvalue weighted by Crippen LogP contribution is -2.25. The van der Waals surface area contributed by atoms with Gasteiger partial charge in [0.1, 0.15) is 0 Å². The van der Waals surface area contributed by atoms with E-state index in [9.17, 15) is 19.6 Å². The van der Waals surface area contributed by atoms with Gasteiger partial charge in [0, 0.05) is 34.2 Å². The Labute approximate surface area is 270 Å². The highest BCUT2D eigenvalue weighted by Gasteiger charge is 2.28. The molecule has 5 aromatic rings. The molecule has 0 saturated heterocycles. The highest BCUT2D eigenvalue weighted by molar-refractivity contribution is 8.03. The Hall–Kier alpha value is -5.16. The van der Waals surface area contributed by atoms with Crippen LogP contribution in [0, 0.1) is 11.3 Å². The van der Waals surface area contributed by atoms with Gasteiger partial charge in [-0.25, -0.2) is 0 Å². The molecular weight excluding hydrogens is 602 g/mol. The van der Waals surface area contributed by atoms with E-state index in [1.807, 2.05) is 48.5 Å². The number of fused-ring (bicyclic) bond motifs is 1. The van der Waals surface area contributed by atoms with Gasteiger partial charge < -0.3 is 10.6 Å². The zero-order valence-corrected chi connectivity index (χ0v) is 25.6. The first kappa shape index (κ1) is 31.3. The van der Waals surface area contributed by atoms with Gasteiger partial charge in [0.05, 0.1) is 22.4 Å². The third-order valence-electron chi connectivity index (χ3n) is 7.12. The smallest absolute Gasteiger partial charge is 0.256 e. The van der Waals surface area contributed by atoms with Gasteiger partial charge >= 0.3 is 0 Å². The lowest BCUT2D eigenvalue weighted by Gasteiger charge is -2.21. The van der Waals surface area contributed by atoms with Gasteiger partial charge in [0.25, 0.3) is 5.91 Å². The summed E-state index contributed by atoms with van der Waals surface area (Å²) >= 11 is 7.63. The number of hydrogen-bond donors (Lipinski definition) is 2. The van der Waals surface area contributed by atoms with Gasteiger partial charge in [-0.1, -0.05) is 120 Å². The molecule has 0 aliphatic carbocycles. The van der Waals surface area contributed by atoms with Gasteiger partial charge in [-0.3, -0.25) is 14.4 Å². The molecule has 0 aliphatic heterocycles. The minimum atomic E-state index is -0.793. The Morgan fingerprint density at radius 3 is 2.07 bits per heavy atom. The van der Waals surface area contributed by atoms with Crippen molar-refractivity contribution in [2.45, 2.75) is 12.3 Å². The first-order chi connectivity index (χ1) is 21.9. The third kappa shape index (κ3) is 8.07. The van der Waals surface area contributed by atoms with Crippen molar-refractivity contribution in [2.24, 2.45) is 0 Å². The fourth-order valence-electron chi connectivity index (χ4n) is 4.89. The van der Waals surface area contributed by atoms with Crippen LogP contribution in [0.1, 0.15) is 38.6 Å². The zero-order chi connectivity index (χ0) is 31.6. The number of Topliss-reactive ketones (excluding diaryl/α,β-unsaturated/α-hetero) is 1. The number of nitrogens with zero attached hydrogens (tertiary/aromatic N) is 1. The first-order valence-corrected chi connectivity index (χ1v) is 15.5. The average molecular weight is 630 g/mol. The second-order valence-electron chi connectivity index (χ2n) is 10.1. The van der Waals surface area contributed by atoms with Crippen LogP contribution >= 0.6 is 23.4 Å². The molecule has 0 saturated carbocycles. The maximum absolute atomic E-state index is 13.5. The van der Waals surface area contributed by atoms with E-state index >= 15 is 0 Å². The van der Waals surface area contributed by atoms with E-state index in [1.54, 1.807) is 78.9 Å². The van der Waals surface area contributed by atoms with Gasteiger partial charge in [-0.05, 0) is 46.7 Å². The Bertz CT molecular complexity index is 1920. The molecule has 0 aliphatic rings. The average Bonchev–Trinajstić information content (AvgIpc) is 3.07. The fraction of sp³-hybridized carbons (Fsp3) is 0.0811. The maximum Gasteiger partial charge on any atom is 0.256 e. The molecule has 6 nitrogen and oxygen atoms in total. The molecule has 0 spiro atoms. The molecule has 0 fully saturated rings. The molecule has 222 valence electrons.